The maximum Gasteiger partial charge on any atom is 0.290 e. The molecular formula is C7H10N2O2. The highest BCUT2D eigenvalue weighted by molar-refractivity contribution is 5.36. The molecule has 0 saturated heterocycles. The van der Waals surface area contributed by atoms with Crippen LogP contribution < -0.4 is 5.73 Å². The van der Waals surface area contributed by atoms with Crippen molar-refractivity contribution in [2.24, 2.45) is 0 Å². The van der Waals surface area contributed by atoms with Crippen molar-refractivity contribution in [3.05, 3.63) is 23.9 Å². The molecule has 1 rings (SSSR count). The van der Waals surface area contributed by atoms with E-state index < -0.39 is 0 Å². The number of pyridine rings is 1. The number of carboxylic acid groups (broad SMARTS) is 1. The second-order valence-electron chi connectivity index (χ2n) is 1.81. The lowest BCUT2D eigenvalue weighted by atomic mass is 10.3. The molecule has 0 bridgehead atoms. The maximum atomic E-state index is 8.36. The van der Waals surface area contributed by atoms with Crippen molar-refractivity contribution >= 4 is 12.3 Å². The monoisotopic (exact) mass is 154 g/mol. The molecular weight excluding hydrogens is 144 g/mol. The molecule has 1 aromatic heterocycles. The Balaban J connectivity index is 0.000000292. The fourth-order valence-corrected chi connectivity index (χ4v) is 0.498. The van der Waals surface area contributed by atoms with Crippen LogP contribution in [0.1, 0.15) is 5.56 Å². The van der Waals surface area contributed by atoms with Gasteiger partial charge in [-0.2, -0.15) is 0 Å². The van der Waals surface area contributed by atoms with Gasteiger partial charge in [0.15, 0.2) is 0 Å². The number of carbonyl (C=O) groups is 1. The van der Waals surface area contributed by atoms with E-state index in [1.165, 1.54) is 0 Å². The van der Waals surface area contributed by atoms with Gasteiger partial charge in [0.25, 0.3) is 6.47 Å². The van der Waals surface area contributed by atoms with Gasteiger partial charge in [-0.15, -0.1) is 0 Å². The average Bonchev–Trinajstić information content (AvgIpc) is 1.97. The minimum absolute atomic E-state index is 0.250. The van der Waals surface area contributed by atoms with Crippen LogP contribution in [0.3, 0.4) is 0 Å². The Labute approximate surface area is 64.7 Å². The van der Waals surface area contributed by atoms with Crippen molar-refractivity contribution in [3.8, 4) is 0 Å². The zero-order valence-electron chi connectivity index (χ0n) is 6.19. The molecule has 4 nitrogen and oxygen atoms in total. The van der Waals surface area contributed by atoms with Gasteiger partial charge >= 0.3 is 0 Å². The standard InChI is InChI=1S/C6H8N2.CH2O2/c1-5-3-2-4-8-6(5)7;2-1-3/h2-4H,1H3,(H2,7,8);1H,(H,2,3). The van der Waals surface area contributed by atoms with Crippen LogP contribution in [0.25, 0.3) is 0 Å². The minimum atomic E-state index is -0.250. The number of hydrogen-bond donors (Lipinski definition) is 2. The topological polar surface area (TPSA) is 76.2 Å². The fraction of sp³-hybridized carbons (Fsp3) is 0.143. The van der Waals surface area contributed by atoms with Crippen LogP contribution in [0.5, 0.6) is 0 Å². The zero-order valence-corrected chi connectivity index (χ0v) is 6.19. The number of rotatable bonds is 0. The van der Waals surface area contributed by atoms with E-state index in [0.29, 0.717) is 5.82 Å². The molecule has 0 amide bonds. The molecule has 0 atom stereocenters. The van der Waals surface area contributed by atoms with Crippen LogP contribution in [-0.2, 0) is 4.79 Å². The number of hydrogen-bond acceptors (Lipinski definition) is 3. The van der Waals surface area contributed by atoms with E-state index in [1.807, 2.05) is 19.1 Å². The summed E-state index contributed by atoms with van der Waals surface area (Å²) in [5.41, 5.74) is 6.44. The quantitative estimate of drug-likeness (QED) is 0.538. The number of nitrogens with zero attached hydrogens (tertiary/aromatic N) is 1. The molecule has 4 heteroatoms. The molecule has 0 saturated carbocycles. The lowest BCUT2D eigenvalue weighted by molar-refractivity contribution is -0.122. The molecule has 0 aromatic carbocycles. The van der Waals surface area contributed by atoms with E-state index in [4.69, 9.17) is 15.6 Å². The Morgan fingerprint density at radius 1 is 1.73 bits per heavy atom. The Bertz CT molecular complexity index is 204. The molecule has 1 aromatic rings. The molecule has 0 fully saturated rings. The summed E-state index contributed by atoms with van der Waals surface area (Å²) >= 11 is 0. The third-order valence-electron chi connectivity index (χ3n) is 1.05. The van der Waals surface area contributed by atoms with Crippen LogP contribution >= 0.6 is 0 Å². The third-order valence-corrected chi connectivity index (χ3v) is 1.05. The van der Waals surface area contributed by atoms with E-state index in [-0.39, 0.29) is 6.47 Å². The largest absolute Gasteiger partial charge is 0.483 e. The van der Waals surface area contributed by atoms with Crippen LogP contribution in [0, 0.1) is 6.92 Å². The molecule has 0 aliphatic carbocycles. The number of nitrogen functional groups attached to an aromatic ring is 1. The van der Waals surface area contributed by atoms with Gasteiger partial charge in [0.05, 0.1) is 0 Å². The maximum absolute atomic E-state index is 8.36. The van der Waals surface area contributed by atoms with Crippen LogP contribution in [0.15, 0.2) is 18.3 Å². The van der Waals surface area contributed by atoms with Crippen LogP contribution in [0.2, 0.25) is 0 Å². The molecule has 1 heterocycles. The van der Waals surface area contributed by atoms with Crippen molar-refractivity contribution < 1.29 is 9.90 Å². The summed E-state index contributed by atoms with van der Waals surface area (Å²) in [5, 5.41) is 6.89. The number of aromatic nitrogens is 1. The van der Waals surface area contributed by atoms with Crippen molar-refractivity contribution in [1.29, 1.82) is 0 Å². The predicted octanol–water partition coefficient (Wildman–Crippen LogP) is 0.673. The molecule has 0 radical (unpaired) electrons. The summed E-state index contributed by atoms with van der Waals surface area (Å²) in [6.45, 7) is 1.68. The third kappa shape index (κ3) is 3.91. The summed E-state index contributed by atoms with van der Waals surface area (Å²) in [6, 6.07) is 3.80. The van der Waals surface area contributed by atoms with E-state index in [9.17, 15) is 0 Å². The normalized spacial score (nSPS) is 7.73. The van der Waals surface area contributed by atoms with Gasteiger partial charge in [-0.3, -0.25) is 4.79 Å². The zero-order chi connectivity index (χ0) is 8.69. The number of aryl methyl sites for hydroxylation is 1. The van der Waals surface area contributed by atoms with Crippen molar-refractivity contribution in [3.63, 3.8) is 0 Å². The summed E-state index contributed by atoms with van der Waals surface area (Å²) in [6.07, 6.45) is 1.68. The molecule has 60 valence electrons. The van der Waals surface area contributed by atoms with Crippen LogP contribution in [-0.4, -0.2) is 16.6 Å². The van der Waals surface area contributed by atoms with Gasteiger partial charge in [-0.25, -0.2) is 4.98 Å². The smallest absolute Gasteiger partial charge is 0.290 e. The molecule has 0 aliphatic rings. The van der Waals surface area contributed by atoms with Gasteiger partial charge in [0.1, 0.15) is 5.82 Å². The highest BCUT2D eigenvalue weighted by Crippen LogP contribution is 2.01. The lowest BCUT2D eigenvalue weighted by Crippen LogP contribution is -1.90. The highest BCUT2D eigenvalue weighted by Gasteiger charge is 1.86. The molecule has 3 N–H and O–H groups in total. The first-order chi connectivity index (χ1) is 5.22. The van der Waals surface area contributed by atoms with Crippen LogP contribution in [0.4, 0.5) is 5.82 Å². The minimum Gasteiger partial charge on any atom is -0.483 e. The SMILES string of the molecule is Cc1cccnc1N.O=CO. The lowest BCUT2D eigenvalue weighted by Gasteiger charge is -1.92. The summed E-state index contributed by atoms with van der Waals surface area (Å²) in [5.74, 6) is 0.618. The fourth-order valence-electron chi connectivity index (χ4n) is 0.498. The number of anilines is 1. The summed E-state index contributed by atoms with van der Waals surface area (Å²) in [4.78, 5) is 12.2. The van der Waals surface area contributed by atoms with Crippen molar-refractivity contribution in [2.45, 2.75) is 6.92 Å². The first kappa shape index (κ1) is 9.42. The van der Waals surface area contributed by atoms with E-state index in [1.54, 1.807) is 6.20 Å². The second kappa shape index (κ2) is 5.22. The first-order valence-corrected chi connectivity index (χ1v) is 2.97. The molecule has 0 spiro atoms. The highest BCUT2D eigenvalue weighted by atomic mass is 16.3. The Morgan fingerprint density at radius 2 is 2.27 bits per heavy atom. The molecule has 0 unspecified atom stereocenters. The van der Waals surface area contributed by atoms with E-state index >= 15 is 0 Å². The summed E-state index contributed by atoms with van der Waals surface area (Å²) < 4.78 is 0. The second-order valence-corrected chi connectivity index (χ2v) is 1.81. The Morgan fingerprint density at radius 3 is 2.55 bits per heavy atom. The van der Waals surface area contributed by atoms with Gasteiger partial charge in [0, 0.05) is 6.20 Å². The van der Waals surface area contributed by atoms with E-state index in [2.05, 4.69) is 4.98 Å². The number of nitrogens with two attached hydrogens (primary N) is 1. The molecule has 0 aliphatic heterocycles. The predicted molar refractivity (Wildman–Crippen MR) is 42.1 cm³/mol. The first-order valence-electron chi connectivity index (χ1n) is 2.97. The van der Waals surface area contributed by atoms with Gasteiger partial charge in [0.2, 0.25) is 0 Å². The van der Waals surface area contributed by atoms with Gasteiger partial charge in [-0.05, 0) is 18.6 Å². The average molecular weight is 154 g/mol. The van der Waals surface area contributed by atoms with E-state index in [0.717, 1.165) is 5.56 Å². The van der Waals surface area contributed by atoms with Gasteiger partial charge < -0.3 is 10.8 Å². The summed E-state index contributed by atoms with van der Waals surface area (Å²) in [7, 11) is 0. The molecule has 11 heavy (non-hydrogen) atoms. The Hall–Kier alpha value is -1.58. The van der Waals surface area contributed by atoms with Gasteiger partial charge in [-0.1, -0.05) is 6.07 Å². The van der Waals surface area contributed by atoms with Crippen molar-refractivity contribution in [2.75, 3.05) is 5.73 Å². The Kier molecular flexibility index (Phi) is 4.47. The van der Waals surface area contributed by atoms with Crippen molar-refractivity contribution in [1.82, 2.24) is 4.98 Å².